The third-order valence-corrected chi connectivity index (χ3v) is 11.3. The van der Waals surface area contributed by atoms with Gasteiger partial charge < -0.3 is 13.9 Å². The van der Waals surface area contributed by atoms with Crippen LogP contribution >= 0.6 is 22.7 Å². The number of thiazole rings is 1. The summed E-state index contributed by atoms with van der Waals surface area (Å²) in [5, 5.41) is 10.2. The largest absolute Gasteiger partial charge is 0.494 e. The van der Waals surface area contributed by atoms with Crippen molar-refractivity contribution in [1.82, 2.24) is 9.97 Å². The fraction of sp³-hybridized carbons (Fsp3) is 0.429. The molecule has 198 valence electrons. The second kappa shape index (κ2) is 11.5. The lowest BCUT2D eigenvalue weighted by Crippen LogP contribution is -2.24. The highest BCUT2D eigenvalue weighted by atomic mass is 32.1. The molecule has 0 aliphatic heterocycles. The van der Waals surface area contributed by atoms with Gasteiger partial charge in [-0.25, -0.2) is 4.98 Å². The standard InChI is InChI=1S/C28H36N2O4S2Si/c1-16(2)28(5,6)37-34-22(23-14-11-20(35-23)15-24-25(31)30-27(32)36-24)13-12-21-18(4)33-26(29-21)19-9-7-17(3)8-10-19/h7-11,14,16,22,31H,12-13,15,37H2,1-6H3,(H,30,32). The van der Waals surface area contributed by atoms with Crippen molar-refractivity contribution < 1.29 is 13.9 Å². The maximum absolute atomic E-state index is 11.6. The van der Waals surface area contributed by atoms with Gasteiger partial charge in [-0.1, -0.05) is 56.7 Å². The second-order valence-corrected chi connectivity index (χ2v) is 15.3. The number of thiophene rings is 1. The summed E-state index contributed by atoms with van der Waals surface area (Å²) in [5.41, 5.74) is 3.15. The molecule has 0 bridgehead atoms. The van der Waals surface area contributed by atoms with Crippen LogP contribution < -0.4 is 4.87 Å². The number of hydrogen-bond donors (Lipinski definition) is 2. The summed E-state index contributed by atoms with van der Waals surface area (Å²) in [6, 6.07) is 12.4. The number of H-pyrrole nitrogens is 1. The first kappa shape index (κ1) is 27.6. The van der Waals surface area contributed by atoms with E-state index < -0.39 is 9.76 Å². The molecule has 2 N–H and O–H groups in total. The monoisotopic (exact) mass is 556 g/mol. The van der Waals surface area contributed by atoms with Crippen LogP contribution in [-0.2, 0) is 17.3 Å². The highest BCUT2D eigenvalue weighted by Crippen LogP contribution is 2.37. The average molecular weight is 557 g/mol. The molecule has 0 radical (unpaired) electrons. The molecule has 1 atom stereocenters. The summed E-state index contributed by atoms with van der Waals surface area (Å²) in [6.07, 6.45) is 2.07. The molecule has 1 unspecified atom stereocenters. The van der Waals surface area contributed by atoms with E-state index in [2.05, 4.69) is 63.9 Å². The van der Waals surface area contributed by atoms with Gasteiger partial charge in [0.1, 0.15) is 5.76 Å². The molecule has 0 spiro atoms. The molecule has 0 saturated carbocycles. The molecule has 0 amide bonds. The molecular weight excluding hydrogens is 521 g/mol. The molecule has 0 fully saturated rings. The molecule has 3 heterocycles. The van der Waals surface area contributed by atoms with Gasteiger partial charge in [-0.15, -0.1) is 11.3 Å². The molecule has 1 aromatic carbocycles. The third kappa shape index (κ3) is 6.90. The van der Waals surface area contributed by atoms with Crippen molar-refractivity contribution in [2.24, 2.45) is 5.92 Å². The Hall–Kier alpha value is -2.46. The Morgan fingerprint density at radius 3 is 2.51 bits per heavy atom. The molecule has 37 heavy (non-hydrogen) atoms. The first-order chi connectivity index (χ1) is 17.5. The minimum atomic E-state index is -0.822. The summed E-state index contributed by atoms with van der Waals surface area (Å²) >= 11 is 2.74. The van der Waals surface area contributed by atoms with Crippen molar-refractivity contribution in [3.05, 3.63) is 77.7 Å². The maximum Gasteiger partial charge on any atom is 0.307 e. The van der Waals surface area contributed by atoms with Crippen LogP contribution in [0, 0.1) is 19.8 Å². The topological polar surface area (TPSA) is 88.3 Å². The van der Waals surface area contributed by atoms with Crippen LogP contribution in [-0.4, -0.2) is 24.8 Å². The van der Waals surface area contributed by atoms with Gasteiger partial charge in [-0.2, -0.15) is 0 Å². The lowest BCUT2D eigenvalue weighted by molar-refractivity contribution is 0.193. The highest BCUT2D eigenvalue weighted by Gasteiger charge is 2.27. The first-order valence-corrected chi connectivity index (χ1v) is 15.6. The summed E-state index contributed by atoms with van der Waals surface area (Å²) in [6.45, 7) is 13.2. The number of aryl methyl sites for hydroxylation is 3. The third-order valence-electron chi connectivity index (χ3n) is 7.09. The Morgan fingerprint density at radius 2 is 1.86 bits per heavy atom. The fourth-order valence-electron chi connectivity index (χ4n) is 3.83. The van der Waals surface area contributed by atoms with Crippen LogP contribution in [0.1, 0.15) is 71.9 Å². The number of benzene rings is 1. The number of oxazole rings is 1. The van der Waals surface area contributed by atoms with Crippen LogP contribution in [0.2, 0.25) is 5.04 Å². The molecular formula is C28H36N2O4S2Si. The normalized spacial score (nSPS) is 13.3. The second-order valence-electron chi connectivity index (χ2n) is 10.6. The zero-order valence-corrected chi connectivity index (χ0v) is 25.4. The van der Waals surface area contributed by atoms with E-state index in [1.165, 1.54) is 10.4 Å². The van der Waals surface area contributed by atoms with Crippen LogP contribution in [0.4, 0.5) is 0 Å². The van der Waals surface area contributed by atoms with Gasteiger partial charge in [0.25, 0.3) is 0 Å². The minimum absolute atomic E-state index is 0.0269. The summed E-state index contributed by atoms with van der Waals surface area (Å²) in [4.78, 5) is 21.5. The molecule has 9 heteroatoms. The van der Waals surface area contributed by atoms with Crippen LogP contribution in [0.5, 0.6) is 5.88 Å². The van der Waals surface area contributed by atoms with E-state index in [9.17, 15) is 9.90 Å². The average Bonchev–Trinajstić information content (AvgIpc) is 3.53. The van der Waals surface area contributed by atoms with Gasteiger partial charge in [0.05, 0.1) is 16.7 Å². The number of hydrogen-bond acceptors (Lipinski definition) is 7. The van der Waals surface area contributed by atoms with Crippen LogP contribution in [0.3, 0.4) is 0 Å². The van der Waals surface area contributed by atoms with Crippen molar-refractivity contribution >= 4 is 32.4 Å². The van der Waals surface area contributed by atoms with E-state index in [0.29, 0.717) is 23.1 Å². The lowest BCUT2D eigenvalue weighted by atomic mass is 9.99. The summed E-state index contributed by atoms with van der Waals surface area (Å²) in [5.74, 6) is 2.02. The van der Waals surface area contributed by atoms with Crippen LogP contribution in [0.15, 0.2) is 45.6 Å². The summed E-state index contributed by atoms with van der Waals surface area (Å²) < 4.78 is 12.7. The molecule has 0 aliphatic rings. The van der Waals surface area contributed by atoms with Gasteiger partial charge in [0.2, 0.25) is 11.8 Å². The number of aromatic nitrogens is 2. The lowest BCUT2D eigenvalue weighted by Gasteiger charge is -2.30. The zero-order valence-electron chi connectivity index (χ0n) is 22.4. The van der Waals surface area contributed by atoms with E-state index in [1.54, 1.807) is 11.3 Å². The number of rotatable bonds is 11. The van der Waals surface area contributed by atoms with Crippen molar-refractivity contribution in [3.8, 4) is 17.3 Å². The summed E-state index contributed by atoms with van der Waals surface area (Å²) in [7, 11) is -0.822. The quantitative estimate of drug-likeness (QED) is 0.201. The van der Waals surface area contributed by atoms with E-state index in [0.717, 1.165) is 46.1 Å². The Morgan fingerprint density at radius 1 is 1.14 bits per heavy atom. The molecule has 3 aromatic heterocycles. The number of nitrogens with zero attached hydrogens (tertiary/aromatic N) is 1. The molecule has 4 aromatic rings. The van der Waals surface area contributed by atoms with Gasteiger partial charge in [0.15, 0.2) is 9.76 Å². The van der Waals surface area contributed by atoms with Crippen molar-refractivity contribution in [3.63, 3.8) is 0 Å². The Bertz CT molecular complexity index is 1380. The van der Waals surface area contributed by atoms with Crippen LogP contribution in [0.25, 0.3) is 11.5 Å². The fourth-order valence-corrected chi connectivity index (χ4v) is 7.21. The molecule has 4 rings (SSSR count). The van der Waals surface area contributed by atoms with Gasteiger partial charge in [-0.3, -0.25) is 9.78 Å². The Balaban J connectivity index is 1.51. The van der Waals surface area contributed by atoms with E-state index in [1.807, 2.05) is 19.1 Å². The van der Waals surface area contributed by atoms with E-state index in [4.69, 9.17) is 13.8 Å². The Labute approximate surface area is 228 Å². The smallest absolute Gasteiger partial charge is 0.307 e. The number of aromatic amines is 1. The predicted molar refractivity (Wildman–Crippen MR) is 155 cm³/mol. The number of nitrogens with one attached hydrogen (secondary N) is 1. The first-order valence-electron chi connectivity index (χ1n) is 12.7. The van der Waals surface area contributed by atoms with Gasteiger partial charge in [0, 0.05) is 21.7 Å². The van der Waals surface area contributed by atoms with E-state index in [-0.39, 0.29) is 21.9 Å². The molecule has 0 saturated heterocycles. The number of aromatic hydroxyl groups is 1. The highest BCUT2D eigenvalue weighted by molar-refractivity contribution is 7.12. The predicted octanol–water partition coefficient (Wildman–Crippen LogP) is 6.69. The molecule has 0 aliphatic carbocycles. The van der Waals surface area contributed by atoms with Crippen molar-refractivity contribution in [2.75, 3.05) is 0 Å². The minimum Gasteiger partial charge on any atom is -0.494 e. The van der Waals surface area contributed by atoms with Gasteiger partial charge >= 0.3 is 4.87 Å². The zero-order chi connectivity index (χ0) is 26.7. The van der Waals surface area contributed by atoms with E-state index >= 15 is 0 Å². The van der Waals surface area contributed by atoms with Crippen molar-refractivity contribution in [2.45, 2.75) is 71.9 Å². The Kier molecular flexibility index (Phi) is 8.58. The van der Waals surface area contributed by atoms with Gasteiger partial charge in [-0.05, 0) is 61.9 Å². The SMILES string of the molecule is Cc1ccc(-c2nc(CCC(O[SiH2]C(C)(C)C(C)C)c3ccc(Cc4sc(=O)[nH]c4O)s3)c(C)o2)cc1. The maximum atomic E-state index is 11.6. The van der Waals surface area contributed by atoms with Crippen molar-refractivity contribution in [1.29, 1.82) is 0 Å². The molecule has 6 nitrogen and oxygen atoms in total.